The lowest BCUT2D eigenvalue weighted by atomic mass is 10.1. The molecule has 7 heteroatoms. The van der Waals surface area contributed by atoms with Gasteiger partial charge in [0.05, 0.1) is 17.7 Å². The summed E-state index contributed by atoms with van der Waals surface area (Å²) in [4.78, 5) is 46.3. The molecular weight excluding hydrogens is 424 g/mol. The summed E-state index contributed by atoms with van der Waals surface area (Å²) >= 11 is 0. The maximum absolute atomic E-state index is 12.6. The van der Waals surface area contributed by atoms with Crippen LogP contribution in [0.1, 0.15) is 34.6 Å². The predicted octanol–water partition coefficient (Wildman–Crippen LogP) is 5.25. The maximum Gasteiger partial charge on any atom is 0.346 e. The molecule has 0 saturated heterocycles. The summed E-state index contributed by atoms with van der Waals surface area (Å²) in [5.41, 5.74) is 0.482. The van der Waals surface area contributed by atoms with Gasteiger partial charge in [0.2, 0.25) is 0 Å². The lowest BCUT2D eigenvalue weighted by Gasteiger charge is -2.08. The summed E-state index contributed by atoms with van der Waals surface area (Å²) in [5.74, 6) is -0.964. The standard InChI is InChI=1S/C26H20O7/c1-3-30-33-24-11-9-18-13-22(7-5-20(18)15-24)26(29)32-25(28)21-6-4-19-14-23(31-16(2)27)10-8-17(19)12-21/h4-15H,3H2,1-2H3. The van der Waals surface area contributed by atoms with Crippen LogP contribution in [0, 0.1) is 0 Å². The number of esters is 3. The fourth-order valence-corrected chi connectivity index (χ4v) is 3.31. The number of rotatable bonds is 6. The van der Waals surface area contributed by atoms with E-state index < -0.39 is 17.9 Å². The molecule has 0 radical (unpaired) electrons. The summed E-state index contributed by atoms with van der Waals surface area (Å²) in [7, 11) is 0. The second kappa shape index (κ2) is 9.50. The molecule has 0 bridgehead atoms. The van der Waals surface area contributed by atoms with Crippen LogP contribution < -0.4 is 9.62 Å². The van der Waals surface area contributed by atoms with Crippen molar-refractivity contribution in [1.82, 2.24) is 0 Å². The second-order valence-electron chi connectivity index (χ2n) is 7.21. The molecular formula is C26H20O7. The van der Waals surface area contributed by atoms with Crippen molar-refractivity contribution in [2.75, 3.05) is 6.61 Å². The first-order valence-corrected chi connectivity index (χ1v) is 10.2. The van der Waals surface area contributed by atoms with Crippen molar-refractivity contribution < 1.29 is 33.6 Å². The average molecular weight is 444 g/mol. The molecule has 4 aromatic rings. The average Bonchev–Trinajstić information content (AvgIpc) is 2.81. The van der Waals surface area contributed by atoms with Gasteiger partial charge in [-0.3, -0.25) is 4.79 Å². The highest BCUT2D eigenvalue weighted by atomic mass is 17.2. The zero-order chi connectivity index (χ0) is 23.4. The number of carbonyl (C=O) groups is 3. The fourth-order valence-electron chi connectivity index (χ4n) is 3.31. The molecule has 0 unspecified atom stereocenters. The van der Waals surface area contributed by atoms with Crippen LogP contribution in [-0.2, 0) is 14.4 Å². The number of carbonyl (C=O) groups excluding carboxylic acids is 3. The van der Waals surface area contributed by atoms with Gasteiger partial charge in [0.15, 0.2) is 5.75 Å². The van der Waals surface area contributed by atoms with Gasteiger partial charge in [-0.05, 0) is 77.0 Å². The van der Waals surface area contributed by atoms with E-state index in [-0.39, 0.29) is 11.1 Å². The van der Waals surface area contributed by atoms with Crippen molar-refractivity contribution in [2.45, 2.75) is 13.8 Å². The van der Waals surface area contributed by atoms with Crippen molar-refractivity contribution in [3.63, 3.8) is 0 Å². The highest BCUT2D eigenvalue weighted by molar-refractivity contribution is 6.05. The van der Waals surface area contributed by atoms with E-state index >= 15 is 0 Å². The molecule has 0 atom stereocenters. The minimum atomic E-state index is -0.758. The molecule has 4 aromatic carbocycles. The summed E-state index contributed by atoms with van der Waals surface area (Å²) in [5, 5.41) is 3.15. The van der Waals surface area contributed by atoms with Crippen molar-refractivity contribution >= 4 is 39.5 Å². The van der Waals surface area contributed by atoms with E-state index in [4.69, 9.17) is 19.2 Å². The van der Waals surface area contributed by atoms with Gasteiger partial charge in [-0.1, -0.05) is 24.3 Å². The van der Waals surface area contributed by atoms with Crippen LogP contribution in [0.25, 0.3) is 21.5 Å². The first-order valence-electron chi connectivity index (χ1n) is 10.2. The Hall–Kier alpha value is -4.23. The van der Waals surface area contributed by atoms with E-state index in [1.807, 2.05) is 6.92 Å². The van der Waals surface area contributed by atoms with Gasteiger partial charge < -0.3 is 14.4 Å². The number of benzene rings is 4. The number of ether oxygens (including phenoxy) is 2. The third kappa shape index (κ3) is 5.16. The van der Waals surface area contributed by atoms with E-state index in [0.29, 0.717) is 18.1 Å². The first-order chi connectivity index (χ1) is 15.9. The van der Waals surface area contributed by atoms with E-state index in [9.17, 15) is 14.4 Å². The summed E-state index contributed by atoms with van der Waals surface area (Å²) in [6.07, 6.45) is 0. The van der Waals surface area contributed by atoms with Gasteiger partial charge in [0.25, 0.3) is 0 Å². The van der Waals surface area contributed by atoms with Gasteiger partial charge in [0, 0.05) is 6.92 Å². The first kappa shape index (κ1) is 22.0. The SMILES string of the molecule is CCOOc1ccc2cc(C(=O)OC(=O)c3ccc4cc(OC(C)=O)ccc4c3)ccc2c1. The summed E-state index contributed by atoms with van der Waals surface area (Å²) < 4.78 is 10.1. The van der Waals surface area contributed by atoms with E-state index in [0.717, 1.165) is 21.5 Å². The van der Waals surface area contributed by atoms with Gasteiger partial charge in [-0.2, -0.15) is 4.89 Å². The van der Waals surface area contributed by atoms with Crippen molar-refractivity contribution in [3.8, 4) is 11.5 Å². The topological polar surface area (TPSA) is 88.1 Å². The Labute approximate surface area is 189 Å². The molecule has 4 rings (SSSR count). The van der Waals surface area contributed by atoms with Crippen LogP contribution in [0.4, 0.5) is 0 Å². The summed E-state index contributed by atoms with van der Waals surface area (Å²) in [6.45, 7) is 3.56. The van der Waals surface area contributed by atoms with Crippen LogP contribution in [0.15, 0.2) is 72.8 Å². The Bertz CT molecular complexity index is 1370. The Morgan fingerprint density at radius 3 is 1.70 bits per heavy atom. The Kier molecular flexibility index (Phi) is 6.33. The molecule has 0 aliphatic heterocycles. The van der Waals surface area contributed by atoms with Crippen molar-refractivity contribution in [3.05, 3.63) is 83.9 Å². The third-order valence-electron chi connectivity index (χ3n) is 4.81. The molecule has 0 N–H and O–H groups in total. The van der Waals surface area contributed by atoms with Gasteiger partial charge in [0.1, 0.15) is 5.75 Å². The van der Waals surface area contributed by atoms with Crippen LogP contribution in [0.3, 0.4) is 0 Å². The Balaban J connectivity index is 1.49. The molecule has 0 aliphatic rings. The van der Waals surface area contributed by atoms with E-state index in [1.54, 1.807) is 72.8 Å². The molecule has 0 fully saturated rings. The fraction of sp³-hybridized carbons (Fsp3) is 0.115. The molecule has 0 saturated carbocycles. The minimum Gasteiger partial charge on any atom is -0.427 e. The maximum atomic E-state index is 12.6. The lowest BCUT2D eigenvalue weighted by molar-refractivity contribution is -0.202. The van der Waals surface area contributed by atoms with Crippen molar-refractivity contribution in [1.29, 1.82) is 0 Å². The van der Waals surface area contributed by atoms with E-state index in [2.05, 4.69) is 0 Å². The quantitative estimate of drug-likeness (QED) is 0.132. The monoisotopic (exact) mass is 444 g/mol. The van der Waals surface area contributed by atoms with Crippen LogP contribution in [-0.4, -0.2) is 24.5 Å². The zero-order valence-corrected chi connectivity index (χ0v) is 18.0. The molecule has 0 heterocycles. The summed E-state index contributed by atoms with van der Waals surface area (Å²) in [6, 6.07) is 20.2. The second-order valence-corrected chi connectivity index (χ2v) is 7.21. The molecule has 0 aliphatic carbocycles. The smallest absolute Gasteiger partial charge is 0.346 e. The third-order valence-corrected chi connectivity index (χ3v) is 4.81. The molecule has 7 nitrogen and oxygen atoms in total. The van der Waals surface area contributed by atoms with Gasteiger partial charge in [-0.25, -0.2) is 9.59 Å². The van der Waals surface area contributed by atoms with Crippen molar-refractivity contribution in [2.24, 2.45) is 0 Å². The largest absolute Gasteiger partial charge is 0.427 e. The van der Waals surface area contributed by atoms with Crippen LogP contribution >= 0.6 is 0 Å². The molecule has 33 heavy (non-hydrogen) atoms. The number of hydrogen-bond donors (Lipinski definition) is 0. The molecule has 166 valence electrons. The Morgan fingerprint density at radius 1 is 0.667 bits per heavy atom. The van der Waals surface area contributed by atoms with Gasteiger partial charge in [-0.15, -0.1) is 0 Å². The highest BCUT2D eigenvalue weighted by Gasteiger charge is 2.16. The lowest BCUT2D eigenvalue weighted by Crippen LogP contribution is -2.12. The van der Waals surface area contributed by atoms with Crippen LogP contribution in [0.5, 0.6) is 11.5 Å². The van der Waals surface area contributed by atoms with E-state index in [1.165, 1.54) is 6.92 Å². The zero-order valence-electron chi connectivity index (χ0n) is 18.0. The number of hydrogen-bond acceptors (Lipinski definition) is 7. The molecule has 0 aromatic heterocycles. The number of fused-ring (bicyclic) bond motifs is 2. The Morgan fingerprint density at radius 2 is 1.15 bits per heavy atom. The van der Waals surface area contributed by atoms with Crippen LogP contribution in [0.2, 0.25) is 0 Å². The van der Waals surface area contributed by atoms with Gasteiger partial charge >= 0.3 is 17.9 Å². The predicted molar refractivity (Wildman–Crippen MR) is 121 cm³/mol. The minimum absolute atomic E-state index is 0.231. The molecule has 0 spiro atoms. The molecule has 0 amide bonds. The normalized spacial score (nSPS) is 10.7. The highest BCUT2D eigenvalue weighted by Crippen LogP contribution is 2.24.